The molecule has 0 saturated heterocycles. The van der Waals surface area contributed by atoms with Gasteiger partial charge >= 0.3 is 0 Å². The van der Waals surface area contributed by atoms with Crippen molar-refractivity contribution in [2.24, 2.45) is 5.84 Å². The number of rotatable bonds is 3. The summed E-state index contributed by atoms with van der Waals surface area (Å²) in [7, 11) is 0. The van der Waals surface area contributed by atoms with Gasteiger partial charge in [0.1, 0.15) is 5.69 Å². The second-order valence-electron chi connectivity index (χ2n) is 3.64. The summed E-state index contributed by atoms with van der Waals surface area (Å²) < 4.78 is 1.77. The van der Waals surface area contributed by atoms with Gasteiger partial charge in [-0.15, -0.1) is 0 Å². The lowest BCUT2D eigenvalue weighted by atomic mass is 10.3. The van der Waals surface area contributed by atoms with Crippen molar-refractivity contribution in [3.05, 3.63) is 47.5 Å². The van der Waals surface area contributed by atoms with E-state index < -0.39 is 5.91 Å². The predicted octanol–water partition coefficient (Wildman–Crippen LogP) is 0.238. The number of hydrogen-bond donors (Lipinski definition) is 2. The average Bonchev–Trinajstić information content (AvgIpc) is 2.74. The third kappa shape index (κ3) is 2.67. The van der Waals surface area contributed by atoms with Crippen molar-refractivity contribution in [3.63, 3.8) is 0 Å². The third-order valence-electron chi connectivity index (χ3n) is 2.27. The van der Waals surface area contributed by atoms with E-state index in [9.17, 15) is 4.79 Å². The minimum absolute atomic E-state index is 0.300. The zero-order chi connectivity index (χ0) is 12.3. The maximum Gasteiger partial charge on any atom is 0.283 e. The summed E-state index contributed by atoms with van der Waals surface area (Å²) in [6, 6.07) is 7.13. The molecule has 2 rings (SSSR count). The molecule has 0 aliphatic heterocycles. The Kier molecular flexibility index (Phi) is 3.15. The highest BCUT2D eigenvalue weighted by molar-refractivity contribution is 5.91. The van der Waals surface area contributed by atoms with Crippen LogP contribution >= 0.6 is 0 Å². The van der Waals surface area contributed by atoms with Crippen LogP contribution in [0.5, 0.6) is 0 Å². The number of hydrazine groups is 1. The number of aromatic nitrogens is 3. The molecule has 88 valence electrons. The average molecular weight is 231 g/mol. The van der Waals surface area contributed by atoms with Crippen molar-refractivity contribution >= 4 is 5.91 Å². The van der Waals surface area contributed by atoms with Crippen LogP contribution < -0.4 is 11.3 Å². The second kappa shape index (κ2) is 4.75. The molecule has 0 radical (unpaired) electrons. The van der Waals surface area contributed by atoms with Crippen LogP contribution in [0.25, 0.3) is 0 Å². The van der Waals surface area contributed by atoms with E-state index >= 15 is 0 Å². The number of amides is 1. The smallest absolute Gasteiger partial charge is 0.283 e. The van der Waals surface area contributed by atoms with Crippen molar-refractivity contribution in [3.8, 4) is 0 Å². The van der Waals surface area contributed by atoms with Crippen LogP contribution in [0, 0.1) is 6.92 Å². The first-order valence-corrected chi connectivity index (χ1v) is 5.16. The van der Waals surface area contributed by atoms with Crippen molar-refractivity contribution in [1.82, 2.24) is 20.2 Å². The van der Waals surface area contributed by atoms with Gasteiger partial charge < -0.3 is 0 Å². The minimum Gasteiger partial charge on any atom is -0.289 e. The maximum absolute atomic E-state index is 11.3. The molecule has 0 spiro atoms. The van der Waals surface area contributed by atoms with Crippen LogP contribution in [0.4, 0.5) is 0 Å². The van der Waals surface area contributed by atoms with E-state index in [4.69, 9.17) is 5.84 Å². The fraction of sp³-hybridized carbons (Fsp3) is 0.182. The minimum atomic E-state index is -0.400. The number of carbonyl (C=O) groups excluding carboxylic acids is 1. The normalized spacial score (nSPS) is 10.2. The Hall–Kier alpha value is -2.21. The molecule has 6 nitrogen and oxygen atoms in total. The lowest BCUT2D eigenvalue weighted by molar-refractivity contribution is 0.0948. The van der Waals surface area contributed by atoms with Crippen LogP contribution in [-0.2, 0) is 6.54 Å². The first-order valence-electron chi connectivity index (χ1n) is 5.16. The molecule has 0 saturated carbocycles. The Balaban J connectivity index is 2.19. The van der Waals surface area contributed by atoms with E-state index in [2.05, 4.69) is 15.5 Å². The van der Waals surface area contributed by atoms with Gasteiger partial charge in [-0.25, -0.2) is 10.8 Å². The van der Waals surface area contributed by atoms with E-state index in [0.29, 0.717) is 12.2 Å². The highest BCUT2D eigenvalue weighted by Gasteiger charge is 2.06. The Bertz CT molecular complexity index is 534. The van der Waals surface area contributed by atoms with Crippen LogP contribution in [0.2, 0.25) is 0 Å². The van der Waals surface area contributed by atoms with Gasteiger partial charge in [-0.2, -0.15) is 5.10 Å². The number of nitrogens with one attached hydrogen (secondary N) is 1. The molecule has 2 aromatic rings. The van der Waals surface area contributed by atoms with Crippen LogP contribution in [0.3, 0.4) is 0 Å². The zero-order valence-electron chi connectivity index (χ0n) is 9.42. The summed E-state index contributed by atoms with van der Waals surface area (Å²) in [5.74, 6) is 4.65. The summed E-state index contributed by atoms with van der Waals surface area (Å²) in [4.78, 5) is 15.5. The first kappa shape index (κ1) is 11.3. The lowest BCUT2D eigenvalue weighted by Crippen LogP contribution is -2.30. The Labute approximate surface area is 98.4 Å². The van der Waals surface area contributed by atoms with Crippen molar-refractivity contribution in [2.45, 2.75) is 13.5 Å². The van der Waals surface area contributed by atoms with Gasteiger partial charge in [0, 0.05) is 6.20 Å². The molecule has 0 aliphatic rings. The summed E-state index contributed by atoms with van der Waals surface area (Å²) in [6.45, 7) is 2.45. The van der Waals surface area contributed by atoms with Gasteiger partial charge in [0.2, 0.25) is 0 Å². The van der Waals surface area contributed by atoms with Gasteiger partial charge in [-0.3, -0.25) is 14.9 Å². The zero-order valence-corrected chi connectivity index (χ0v) is 9.42. The molecule has 0 aliphatic carbocycles. The first-order chi connectivity index (χ1) is 8.19. The van der Waals surface area contributed by atoms with E-state index in [-0.39, 0.29) is 0 Å². The summed E-state index contributed by atoms with van der Waals surface area (Å²) >= 11 is 0. The molecule has 2 aromatic heterocycles. The number of nitrogens with zero attached hydrogens (tertiary/aromatic N) is 3. The Morgan fingerprint density at radius 1 is 1.47 bits per heavy atom. The number of hydrogen-bond acceptors (Lipinski definition) is 4. The number of nitrogen functional groups attached to an aromatic ring is 1. The Morgan fingerprint density at radius 3 is 2.94 bits per heavy atom. The highest BCUT2D eigenvalue weighted by atomic mass is 16.2. The van der Waals surface area contributed by atoms with Gasteiger partial charge in [-0.05, 0) is 25.1 Å². The SMILES string of the molecule is Cc1ccn(Cc2cccc(C(=O)NN)n2)n1. The number of aryl methyl sites for hydroxylation is 1. The van der Waals surface area contributed by atoms with Crippen molar-refractivity contribution in [1.29, 1.82) is 0 Å². The maximum atomic E-state index is 11.3. The fourth-order valence-corrected chi connectivity index (χ4v) is 1.49. The number of carbonyl (C=O) groups is 1. The molecule has 0 aromatic carbocycles. The van der Waals surface area contributed by atoms with Gasteiger partial charge in [0.25, 0.3) is 5.91 Å². The largest absolute Gasteiger partial charge is 0.289 e. The molecule has 6 heteroatoms. The standard InChI is InChI=1S/C11H13N5O/c1-8-5-6-16(15-8)7-9-3-2-4-10(13-9)11(17)14-12/h2-6H,7,12H2,1H3,(H,14,17). The lowest BCUT2D eigenvalue weighted by Gasteiger charge is -2.03. The summed E-state index contributed by atoms with van der Waals surface area (Å²) in [5, 5.41) is 4.25. The fourth-order valence-electron chi connectivity index (χ4n) is 1.49. The van der Waals surface area contributed by atoms with E-state index in [1.807, 2.05) is 25.3 Å². The van der Waals surface area contributed by atoms with Crippen LogP contribution in [-0.4, -0.2) is 20.7 Å². The molecule has 0 unspecified atom stereocenters. The molecular weight excluding hydrogens is 218 g/mol. The van der Waals surface area contributed by atoms with E-state index in [1.54, 1.807) is 16.8 Å². The molecule has 2 heterocycles. The third-order valence-corrected chi connectivity index (χ3v) is 2.27. The molecule has 3 N–H and O–H groups in total. The van der Waals surface area contributed by atoms with Crippen LogP contribution in [0.15, 0.2) is 30.5 Å². The van der Waals surface area contributed by atoms with Crippen molar-refractivity contribution in [2.75, 3.05) is 0 Å². The number of nitrogens with two attached hydrogens (primary N) is 1. The Morgan fingerprint density at radius 2 is 2.29 bits per heavy atom. The summed E-state index contributed by atoms with van der Waals surface area (Å²) in [5.41, 5.74) is 4.06. The van der Waals surface area contributed by atoms with Gasteiger partial charge in [-0.1, -0.05) is 6.07 Å². The van der Waals surface area contributed by atoms with Gasteiger partial charge in [0.05, 0.1) is 17.9 Å². The molecule has 17 heavy (non-hydrogen) atoms. The molecule has 1 amide bonds. The molecule has 0 fully saturated rings. The monoisotopic (exact) mass is 231 g/mol. The van der Waals surface area contributed by atoms with E-state index in [1.165, 1.54) is 0 Å². The van der Waals surface area contributed by atoms with E-state index in [0.717, 1.165) is 11.4 Å². The number of pyridine rings is 1. The molecule has 0 bridgehead atoms. The van der Waals surface area contributed by atoms with Crippen molar-refractivity contribution < 1.29 is 4.79 Å². The second-order valence-corrected chi connectivity index (χ2v) is 3.64. The predicted molar refractivity (Wildman–Crippen MR) is 62.0 cm³/mol. The summed E-state index contributed by atoms with van der Waals surface area (Å²) in [6.07, 6.45) is 1.87. The molecule has 0 atom stereocenters. The van der Waals surface area contributed by atoms with Gasteiger partial charge in [0.15, 0.2) is 0 Å². The topological polar surface area (TPSA) is 85.8 Å². The van der Waals surface area contributed by atoms with Crippen LogP contribution in [0.1, 0.15) is 21.9 Å². The highest BCUT2D eigenvalue weighted by Crippen LogP contribution is 2.02. The molecular formula is C11H13N5O. The quantitative estimate of drug-likeness (QED) is 0.450.